The first kappa shape index (κ1) is 16.8. The minimum Gasteiger partial charge on any atom is -0.387 e. The summed E-state index contributed by atoms with van der Waals surface area (Å²) in [4.78, 5) is 5.71. The second-order valence-corrected chi connectivity index (χ2v) is 6.19. The first-order chi connectivity index (χ1) is 10.7. The number of guanidine groups is 1. The molecule has 0 aliphatic heterocycles. The lowest BCUT2D eigenvalue weighted by Crippen LogP contribution is -2.39. The molecule has 0 radical (unpaired) electrons. The minimum atomic E-state index is -0.608. The Balaban J connectivity index is 1.90. The highest BCUT2D eigenvalue weighted by molar-refractivity contribution is 7.09. The van der Waals surface area contributed by atoms with Crippen LogP contribution in [0.3, 0.4) is 0 Å². The highest BCUT2D eigenvalue weighted by Gasteiger charge is 2.08. The first-order valence-electron chi connectivity index (χ1n) is 7.17. The van der Waals surface area contributed by atoms with Crippen molar-refractivity contribution < 1.29 is 5.11 Å². The van der Waals surface area contributed by atoms with Gasteiger partial charge in [-0.3, -0.25) is 0 Å². The summed E-state index contributed by atoms with van der Waals surface area (Å²) in [5, 5.41) is 19.2. The Hall–Kier alpha value is -1.56. The molecule has 118 valence electrons. The number of benzene rings is 1. The lowest BCUT2D eigenvalue weighted by atomic mass is 10.1. The van der Waals surface area contributed by atoms with E-state index in [2.05, 4.69) is 21.7 Å². The molecular weight excluding hydrogens is 318 g/mol. The summed E-state index contributed by atoms with van der Waals surface area (Å²) in [6.07, 6.45) is -0.608. The second-order valence-electron chi connectivity index (χ2n) is 4.72. The van der Waals surface area contributed by atoms with Gasteiger partial charge in [-0.05, 0) is 36.1 Å². The highest BCUT2D eigenvalue weighted by atomic mass is 35.5. The van der Waals surface area contributed by atoms with Crippen molar-refractivity contribution >= 4 is 28.9 Å². The van der Waals surface area contributed by atoms with Gasteiger partial charge in [-0.15, -0.1) is 11.3 Å². The zero-order valence-electron chi connectivity index (χ0n) is 12.4. The lowest BCUT2D eigenvalue weighted by molar-refractivity contribution is 0.181. The SMILES string of the molecule is CCNC(=NCc1cccs1)NCC(O)c1ccc(Cl)cc1. The summed E-state index contributed by atoms with van der Waals surface area (Å²) in [7, 11) is 0. The molecule has 1 atom stereocenters. The summed E-state index contributed by atoms with van der Waals surface area (Å²) >= 11 is 7.53. The van der Waals surface area contributed by atoms with Crippen molar-refractivity contribution in [2.24, 2.45) is 4.99 Å². The van der Waals surface area contributed by atoms with E-state index in [4.69, 9.17) is 11.6 Å². The van der Waals surface area contributed by atoms with Crippen LogP contribution < -0.4 is 10.6 Å². The number of hydrogen-bond acceptors (Lipinski definition) is 3. The monoisotopic (exact) mass is 337 g/mol. The Morgan fingerprint density at radius 1 is 1.27 bits per heavy atom. The molecular formula is C16H20ClN3OS. The Labute approximate surface area is 139 Å². The van der Waals surface area contributed by atoms with Crippen LogP contribution in [0, 0.1) is 0 Å². The molecule has 0 saturated carbocycles. The number of aliphatic hydroxyl groups excluding tert-OH is 1. The summed E-state index contributed by atoms with van der Waals surface area (Å²) in [5.41, 5.74) is 0.825. The van der Waals surface area contributed by atoms with E-state index in [0.717, 1.165) is 12.1 Å². The van der Waals surface area contributed by atoms with Gasteiger partial charge in [0.05, 0.1) is 12.6 Å². The van der Waals surface area contributed by atoms with Crippen molar-refractivity contribution in [3.8, 4) is 0 Å². The van der Waals surface area contributed by atoms with Crippen molar-refractivity contribution in [2.45, 2.75) is 19.6 Å². The van der Waals surface area contributed by atoms with Crippen molar-refractivity contribution in [1.29, 1.82) is 0 Å². The molecule has 2 aromatic rings. The zero-order valence-corrected chi connectivity index (χ0v) is 14.0. The molecule has 0 aliphatic rings. The Morgan fingerprint density at radius 2 is 2.05 bits per heavy atom. The molecule has 2 rings (SSSR count). The molecule has 0 saturated heterocycles. The number of nitrogens with one attached hydrogen (secondary N) is 2. The molecule has 0 spiro atoms. The van der Waals surface area contributed by atoms with Gasteiger partial charge in [0.25, 0.3) is 0 Å². The molecule has 0 fully saturated rings. The summed E-state index contributed by atoms with van der Waals surface area (Å²) in [6, 6.07) is 11.3. The van der Waals surface area contributed by atoms with Gasteiger partial charge in [-0.1, -0.05) is 29.8 Å². The van der Waals surface area contributed by atoms with Crippen LogP contribution in [0.5, 0.6) is 0 Å². The molecule has 0 aliphatic carbocycles. The van der Waals surface area contributed by atoms with E-state index in [1.807, 2.05) is 30.5 Å². The third-order valence-corrected chi connectivity index (χ3v) is 4.15. The Kier molecular flexibility index (Phi) is 6.71. The van der Waals surface area contributed by atoms with E-state index < -0.39 is 6.10 Å². The van der Waals surface area contributed by atoms with Crippen LogP contribution in [-0.4, -0.2) is 24.2 Å². The third-order valence-electron chi connectivity index (χ3n) is 3.03. The van der Waals surface area contributed by atoms with Crippen molar-refractivity contribution in [1.82, 2.24) is 10.6 Å². The van der Waals surface area contributed by atoms with Crippen LogP contribution in [0.4, 0.5) is 0 Å². The fourth-order valence-electron chi connectivity index (χ4n) is 1.90. The smallest absolute Gasteiger partial charge is 0.191 e. The number of hydrogen-bond donors (Lipinski definition) is 3. The maximum Gasteiger partial charge on any atom is 0.191 e. The van der Waals surface area contributed by atoms with Gasteiger partial charge in [-0.2, -0.15) is 0 Å². The molecule has 1 aromatic carbocycles. The maximum atomic E-state index is 10.2. The first-order valence-corrected chi connectivity index (χ1v) is 8.43. The van der Waals surface area contributed by atoms with Crippen LogP contribution in [0.25, 0.3) is 0 Å². The van der Waals surface area contributed by atoms with Crippen molar-refractivity contribution in [2.75, 3.05) is 13.1 Å². The summed E-state index contributed by atoms with van der Waals surface area (Å²) in [6.45, 7) is 3.80. The standard InChI is InChI=1S/C16H20ClN3OS/c1-2-18-16(19-10-14-4-3-9-22-14)20-11-15(21)12-5-7-13(17)8-6-12/h3-9,15,21H,2,10-11H2,1H3,(H2,18,19,20). The van der Waals surface area contributed by atoms with Crippen LogP contribution in [-0.2, 0) is 6.54 Å². The van der Waals surface area contributed by atoms with E-state index in [1.54, 1.807) is 23.5 Å². The van der Waals surface area contributed by atoms with Crippen LogP contribution in [0.1, 0.15) is 23.5 Å². The molecule has 22 heavy (non-hydrogen) atoms. The summed E-state index contributed by atoms with van der Waals surface area (Å²) in [5.74, 6) is 0.698. The fourth-order valence-corrected chi connectivity index (χ4v) is 2.65. The number of aliphatic hydroxyl groups is 1. The van der Waals surface area contributed by atoms with E-state index in [0.29, 0.717) is 24.1 Å². The van der Waals surface area contributed by atoms with E-state index in [1.165, 1.54) is 4.88 Å². The van der Waals surface area contributed by atoms with Gasteiger partial charge in [0.1, 0.15) is 0 Å². The van der Waals surface area contributed by atoms with Gasteiger partial charge >= 0.3 is 0 Å². The van der Waals surface area contributed by atoms with Crippen LogP contribution >= 0.6 is 22.9 Å². The van der Waals surface area contributed by atoms with Gasteiger partial charge in [-0.25, -0.2) is 4.99 Å². The Morgan fingerprint density at radius 3 is 2.68 bits per heavy atom. The zero-order chi connectivity index (χ0) is 15.8. The number of halogens is 1. The highest BCUT2D eigenvalue weighted by Crippen LogP contribution is 2.15. The minimum absolute atomic E-state index is 0.387. The largest absolute Gasteiger partial charge is 0.387 e. The van der Waals surface area contributed by atoms with E-state index in [-0.39, 0.29) is 0 Å². The third kappa shape index (κ3) is 5.33. The number of thiophene rings is 1. The van der Waals surface area contributed by atoms with Gasteiger partial charge in [0.15, 0.2) is 5.96 Å². The van der Waals surface area contributed by atoms with Crippen LogP contribution in [0.15, 0.2) is 46.8 Å². The average Bonchev–Trinajstić information content (AvgIpc) is 3.04. The molecule has 4 nitrogen and oxygen atoms in total. The molecule has 0 bridgehead atoms. The second kappa shape index (κ2) is 8.78. The van der Waals surface area contributed by atoms with Gasteiger partial charge in [0, 0.05) is 23.0 Å². The van der Waals surface area contributed by atoms with Crippen LogP contribution in [0.2, 0.25) is 5.02 Å². The Bertz CT molecular complexity index is 584. The number of rotatable bonds is 6. The average molecular weight is 338 g/mol. The normalized spacial score (nSPS) is 13.0. The molecule has 1 aromatic heterocycles. The summed E-state index contributed by atoms with van der Waals surface area (Å²) < 4.78 is 0. The van der Waals surface area contributed by atoms with E-state index in [9.17, 15) is 5.11 Å². The van der Waals surface area contributed by atoms with Gasteiger partial charge < -0.3 is 15.7 Å². The molecule has 3 N–H and O–H groups in total. The predicted octanol–water partition coefficient (Wildman–Crippen LogP) is 3.19. The number of aliphatic imine (C=N–C) groups is 1. The lowest BCUT2D eigenvalue weighted by Gasteiger charge is -2.15. The molecule has 1 heterocycles. The van der Waals surface area contributed by atoms with E-state index >= 15 is 0 Å². The molecule has 0 amide bonds. The topological polar surface area (TPSA) is 56.7 Å². The number of nitrogens with zero attached hydrogens (tertiary/aromatic N) is 1. The maximum absolute atomic E-state index is 10.2. The molecule has 6 heteroatoms. The quantitative estimate of drug-likeness (QED) is 0.560. The molecule has 1 unspecified atom stereocenters. The fraction of sp³-hybridized carbons (Fsp3) is 0.312. The predicted molar refractivity (Wildman–Crippen MR) is 93.5 cm³/mol. The van der Waals surface area contributed by atoms with Gasteiger partial charge in [0.2, 0.25) is 0 Å². The van der Waals surface area contributed by atoms with Crippen molar-refractivity contribution in [3.63, 3.8) is 0 Å². The van der Waals surface area contributed by atoms with Crippen molar-refractivity contribution in [3.05, 3.63) is 57.2 Å².